The molecule has 0 N–H and O–H groups in total. The minimum Gasteiger partial charge on any atom is -0.491 e. The zero-order valence-corrected chi connectivity index (χ0v) is 17.9. The van der Waals surface area contributed by atoms with Gasteiger partial charge >= 0.3 is 6.09 Å². The molecule has 2 unspecified atom stereocenters. The quantitative estimate of drug-likeness (QED) is 0.535. The number of rotatable bonds is 4. The Morgan fingerprint density at radius 2 is 1.67 bits per heavy atom. The van der Waals surface area contributed by atoms with Gasteiger partial charge in [0.25, 0.3) is 0 Å². The minimum atomic E-state index is -0.525. The van der Waals surface area contributed by atoms with Crippen LogP contribution in [0.15, 0.2) is 72.8 Å². The highest BCUT2D eigenvalue weighted by molar-refractivity contribution is 5.88. The Hall–Kier alpha value is -3.01. The average molecular weight is 404 g/mol. The summed E-state index contributed by atoms with van der Waals surface area (Å²) in [4.78, 5) is 14.8. The Kier molecular flexibility index (Phi) is 5.67. The van der Waals surface area contributed by atoms with Crippen LogP contribution in [0.5, 0.6) is 5.75 Å². The lowest BCUT2D eigenvalue weighted by Gasteiger charge is -2.28. The lowest BCUT2D eigenvalue weighted by Crippen LogP contribution is -2.42. The number of fused-ring (bicyclic) bond motifs is 1. The lowest BCUT2D eigenvalue weighted by atomic mass is 9.97. The van der Waals surface area contributed by atoms with Crippen molar-refractivity contribution in [1.82, 2.24) is 4.90 Å². The molecule has 3 aromatic carbocycles. The van der Waals surface area contributed by atoms with E-state index in [-0.39, 0.29) is 18.1 Å². The van der Waals surface area contributed by atoms with Crippen molar-refractivity contribution in [2.24, 2.45) is 0 Å². The minimum absolute atomic E-state index is 0.0379. The Bertz CT molecular complexity index is 1000. The van der Waals surface area contributed by atoms with E-state index in [1.165, 1.54) is 5.56 Å². The number of nitrogens with zero attached hydrogens (tertiary/aromatic N) is 1. The lowest BCUT2D eigenvalue weighted by molar-refractivity contribution is 0.0186. The summed E-state index contributed by atoms with van der Waals surface area (Å²) in [6.45, 7) is 6.78. The summed E-state index contributed by atoms with van der Waals surface area (Å²) in [6.07, 6.45) is 0.584. The fourth-order valence-electron chi connectivity index (χ4n) is 4.09. The predicted molar refractivity (Wildman–Crippen MR) is 120 cm³/mol. The highest BCUT2D eigenvalue weighted by Crippen LogP contribution is 2.34. The summed E-state index contributed by atoms with van der Waals surface area (Å²) in [5.74, 6) is 1.13. The molecular weight excluding hydrogens is 374 g/mol. The molecule has 3 aromatic rings. The van der Waals surface area contributed by atoms with E-state index < -0.39 is 5.60 Å². The second-order valence-electron chi connectivity index (χ2n) is 8.92. The first-order valence-corrected chi connectivity index (χ1v) is 10.6. The van der Waals surface area contributed by atoms with Crippen molar-refractivity contribution in [3.8, 4) is 5.75 Å². The Morgan fingerprint density at radius 1 is 0.967 bits per heavy atom. The second kappa shape index (κ2) is 8.39. The smallest absolute Gasteiger partial charge is 0.410 e. The van der Waals surface area contributed by atoms with Gasteiger partial charge in [-0.2, -0.15) is 0 Å². The van der Waals surface area contributed by atoms with E-state index in [1.807, 2.05) is 68.1 Å². The number of ether oxygens (including phenoxy) is 2. The molecule has 0 bridgehead atoms. The van der Waals surface area contributed by atoms with Crippen molar-refractivity contribution in [3.63, 3.8) is 0 Å². The third-order valence-electron chi connectivity index (χ3n) is 5.49. The molecule has 0 aromatic heterocycles. The molecule has 156 valence electrons. The summed E-state index contributed by atoms with van der Waals surface area (Å²) in [5.41, 5.74) is 0.724. The Balaban J connectivity index is 1.54. The van der Waals surface area contributed by atoms with E-state index in [1.54, 1.807) is 0 Å². The van der Waals surface area contributed by atoms with Crippen LogP contribution < -0.4 is 4.74 Å². The van der Waals surface area contributed by atoms with Gasteiger partial charge in [0.2, 0.25) is 0 Å². The van der Waals surface area contributed by atoms with Crippen molar-refractivity contribution >= 4 is 16.9 Å². The number of benzene rings is 3. The molecule has 30 heavy (non-hydrogen) atoms. The molecular formula is C26H29NO3. The number of likely N-dealkylation sites (tertiary alicyclic amines) is 1. The summed E-state index contributed by atoms with van der Waals surface area (Å²) in [6, 6.07) is 24.6. The van der Waals surface area contributed by atoms with E-state index in [0.717, 1.165) is 22.9 Å². The van der Waals surface area contributed by atoms with Crippen LogP contribution in [0.25, 0.3) is 10.8 Å². The van der Waals surface area contributed by atoms with Crippen LogP contribution in [0, 0.1) is 0 Å². The number of hydrogen-bond acceptors (Lipinski definition) is 3. The van der Waals surface area contributed by atoms with Crippen LogP contribution in [0.3, 0.4) is 0 Å². The molecule has 1 fully saturated rings. The van der Waals surface area contributed by atoms with Crippen molar-refractivity contribution in [2.75, 3.05) is 13.2 Å². The van der Waals surface area contributed by atoms with Gasteiger partial charge in [-0.05, 0) is 44.2 Å². The van der Waals surface area contributed by atoms with Gasteiger partial charge in [0.1, 0.15) is 18.0 Å². The van der Waals surface area contributed by atoms with Gasteiger partial charge in [0.15, 0.2) is 0 Å². The standard InChI is InChI=1S/C26H29NO3/c1-26(2,3)30-25(28)27-17-21(19-10-5-4-6-11-19)16-22(27)18-29-24-15-9-13-20-12-7-8-14-23(20)24/h4-15,21-22H,16-18H2,1-3H3. The molecule has 4 nitrogen and oxygen atoms in total. The third kappa shape index (κ3) is 4.59. The first-order chi connectivity index (χ1) is 14.4. The average Bonchev–Trinajstić information content (AvgIpc) is 3.16. The zero-order valence-electron chi connectivity index (χ0n) is 17.9. The van der Waals surface area contributed by atoms with Gasteiger partial charge in [0.05, 0.1) is 6.04 Å². The molecule has 2 atom stereocenters. The maximum Gasteiger partial charge on any atom is 0.410 e. The maximum atomic E-state index is 12.9. The van der Waals surface area contributed by atoms with Crippen LogP contribution in [0.4, 0.5) is 4.79 Å². The molecule has 4 heteroatoms. The van der Waals surface area contributed by atoms with Gasteiger partial charge in [-0.1, -0.05) is 66.7 Å². The fraction of sp³-hybridized carbons (Fsp3) is 0.346. The van der Waals surface area contributed by atoms with E-state index >= 15 is 0 Å². The molecule has 1 saturated heterocycles. The van der Waals surface area contributed by atoms with Gasteiger partial charge in [-0.15, -0.1) is 0 Å². The largest absolute Gasteiger partial charge is 0.491 e. The topological polar surface area (TPSA) is 38.8 Å². The molecule has 4 rings (SSSR count). The number of carbonyl (C=O) groups is 1. The van der Waals surface area contributed by atoms with Crippen LogP contribution in [-0.4, -0.2) is 35.8 Å². The Labute approximate surface area is 178 Å². The van der Waals surface area contributed by atoms with Crippen LogP contribution in [0.2, 0.25) is 0 Å². The molecule has 0 saturated carbocycles. The third-order valence-corrected chi connectivity index (χ3v) is 5.49. The van der Waals surface area contributed by atoms with Gasteiger partial charge in [-0.25, -0.2) is 4.79 Å². The second-order valence-corrected chi connectivity index (χ2v) is 8.92. The van der Waals surface area contributed by atoms with Gasteiger partial charge in [-0.3, -0.25) is 0 Å². The SMILES string of the molecule is CC(C)(C)OC(=O)N1CC(c2ccccc2)CC1COc1cccc2ccccc12. The van der Waals surface area contributed by atoms with Crippen LogP contribution in [0.1, 0.15) is 38.7 Å². The number of hydrogen-bond donors (Lipinski definition) is 0. The van der Waals surface area contributed by atoms with Crippen LogP contribution >= 0.6 is 0 Å². The first kappa shape index (κ1) is 20.3. The Morgan fingerprint density at radius 3 is 2.43 bits per heavy atom. The van der Waals surface area contributed by atoms with Crippen LogP contribution in [-0.2, 0) is 4.74 Å². The monoisotopic (exact) mass is 403 g/mol. The van der Waals surface area contributed by atoms with E-state index in [0.29, 0.717) is 13.2 Å². The molecule has 1 heterocycles. The van der Waals surface area contributed by atoms with E-state index in [9.17, 15) is 4.79 Å². The van der Waals surface area contributed by atoms with Gasteiger partial charge < -0.3 is 14.4 Å². The van der Waals surface area contributed by atoms with Crippen molar-refractivity contribution < 1.29 is 14.3 Å². The summed E-state index contributed by atoms with van der Waals surface area (Å²) in [5, 5.41) is 2.23. The maximum absolute atomic E-state index is 12.9. The molecule has 1 aliphatic heterocycles. The molecule has 0 spiro atoms. The van der Waals surface area contributed by atoms with Crippen molar-refractivity contribution in [2.45, 2.75) is 44.8 Å². The number of amides is 1. The predicted octanol–water partition coefficient (Wildman–Crippen LogP) is 6.01. The van der Waals surface area contributed by atoms with Crippen molar-refractivity contribution in [3.05, 3.63) is 78.4 Å². The highest BCUT2D eigenvalue weighted by Gasteiger charge is 2.38. The molecule has 0 radical (unpaired) electrons. The highest BCUT2D eigenvalue weighted by atomic mass is 16.6. The van der Waals surface area contributed by atoms with Gasteiger partial charge in [0, 0.05) is 17.8 Å². The van der Waals surface area contributed by atoms with E-state index in [4.69, 9.17) is 9.47 Å². The molecule has 1 aliphatic rings. The van der Waals surface area contributed by atoms with E-state index in [2.05, 4.69) is 30.3 Å². The molecule has 1 amide bonds. The summed E-state index contributed by atoms with van der Waals surface area (Å²) >= 11 is 0. The number of carbonyl (C=O) groups excluding carboxylic acids is 1. The summed E-state index contributed by atoms with van der Waals surface area (Å²) < 4.78 is 11.9. The summed E-state index contributed by atoms with van der Waals surface area (Å²) in [7, 11) is 0. The zero-order chi connectivity index (χ0) is 21.1. The molecule has 0 aliphatic carbocycles. The normalized spacial score (nSPS) is 19.1. The fourth-order valence-corrected chi connectivity index (χ4v) is 4.09. The first-order valence-electron chi connectivity index (χ1n) is 10.6. The van der Waals surface area contributed by atoms with Crippen molar-refractivity contribution in [1.29, 1.82) is 0 Å².